The molecule has 1 aliphatic carbocycles. The summed E-state index contributed by atoms with van der Waals surface area (Å²) in [6, 6.07) is 9.15. The molecular weight excluding hydrogens is 578 g/mol. The summed E-state index contributed by atoms with van der Waals surface area (Å²) < 4.78 is 35.4. The number of fused-ring (bicyclic) bond motifs is 1. The molecule has 0 aromatic heterocycles. The first-order valence-corrected chi connectivity index (χ1v) is 16.0. The minimum absolute atomic E-state index is 0.0810. The number of hydrogen-bond acceptors (Lipinski definition) is 9. The van der Waals surface area contributed by atoms with Gasteiger partial charge in [0.25, 0.3) is 0 Å². The molecule has 10 nitrogen and oxygen atoms in total. The predicted molar refractivity (Wildman–Crippen MR) is 172 cm³/mol. The van der Waals surface area contributed by atoms with E-state index in [4.69, 9.17) is 34.2 Å². The van der Waals surface area contributed by atoms with Gasteiger partial charge < -0.3 is 39.3 Å². The van der Waals surface area contributed by atoms with Gasteiger partial charge in [0, 0.05) is 42.5 Å². The number of nitrogens with two attached hydrogens (primary N) is 1. The van der Waals surface area contributed by atoms with Crippen LogP contribution in [-0.2, 0) is 38.3 Å². The molecule has 45 heavy (non-hydrogen) atoms. The highest BCUT2D eigenvalue weighted by Crippen LogP contribution is 2.35. The van der Waals surface area contributed by atoms with Crippen molar-refractivity contribution in [2.24, 2.45) is 5.73 Å². The van der Waals surface area contributed by atoms with E-state index in [9.17, 15) is 14.7 Å². The highest BCUT2D eigenvalue weighted by atomic mass is 16.7. The van der Waals surface area contributed by atoms with Gasteiger partial charge in [0.05, 0.1) is 39.6 Å². The molecule has 10 heteroatoms. The van der Waals surface area contributed by atoms with Crippen molar-refractivity contribution in [3.05, 3.63) is 65.2 Å². The number of ketones is 1. The van der Waals surface area contributed by atoms with Crippen LogP contribution in [0.2, 0.25) is 0 Å². The minimum atomic E-state index is -0.913. The van der Waals surface area contributed by atoms with Crippen LogP contribution in [0.5, 0.6) is 17.2 Å². The molecule has 0 amide bonds. The molecule has 0 spiro atoms. The largest absolute Gasteiger partial charge is 0.491 e. The van der Waals surface area contributed by atoms with E-state index in [1.807, 2.05) is 30.3 Å². The Kier molecular flexibility index (Phi) is 16.5. The summed E-state index contributed by atoms with van der Waals surface area (Å²) >= 11 is 0. The maximum absolute atomic E-state index is 12.6. The molecule has 0 fully saturated rings. The molecule has 0 radical (unpaired) electrons. The molecule has 0 bridgehead atoms. The number of Topliss-reactive ketones (excluding diaryl/α,β-unsaturated/α-hetero) is 1. The Hall–Kier alpha value is -3.44. The Morgan fingerprint density at radius 1 is 0.933 bits per heavy atom. The van der Waals surface area contributed by atoms with E-state index in [0.29, 0.717) is 88.3 Å². The van der Waals surface area contributed by atoms with E-state index >= 15 is 0 Å². The molecule has 3 N–H and O–H groups in total. The number of rotatable bonds is 24. The van der Waals surface area contributed by atoms with Crippen LogP contribution < -0.4 is 19.9 Å². The quantitative estimate of drug-likeness (QED) is 0.0895. The van der Waals surface area contributed by atoms with Crippen LogP contribution >= 0.6 is 0 Å². The smallest absolute Gasteiger partial charge is 0.303 e. The fraction of sp³-hybridized carbons (Fsp3) is 0.543. The highest BCUT2D eigenvalue weighted by Gasteiger charge is 2.24. The molecule has 0 heterocycles. The lowest BCUT2D eigenvalue weighted by Gasteiger charge is -2.26. The number of carbonyl (C=O) groups is 2. The van der Waals surface area contributed by atoms with Crippen LogP contribution in [0, 0.1) is 0 Å². The number of carboxylic acids is 1. The van der Waals surface area contributed by atoms with Crippen LogP contribution in [0.4, 0.5) is 0 Å². The molecule has 248 valence electrons. The first-order valence-electron chi connectivity index (χ1n) is 16.0. The summed E-state index contributed by atoms with van der Waals surface area (Å²) in [6.45, 7) is 9.46. The van der Waals surface area contributed by atoms with Crippen LogP contribution in [0.3, 0.4) is 0 Å². The summed E-state index contributed by atoms with van der Waals surface area (Å²) in [5.74, 6) is 0.978. The Labute approximate surface area is 266 Å². The zero-order chi connectivity index (χ0) is 32.3. The fourth-order valence-electron chi connectivity index (χ4n) is 5.16. The van der Waals surface area contributed by atoms with Gasteiger partial charge in [0.2, 0.25) is 6.29 Å². The third-order valence-corrected chi connectivity index (χ3v) is 7.35. The Balaban J connectivity index is 1.70. The summed E-state index contributed by atoms with van der Waals surface area (Å²) in [5, 5.41) is 9.44. The van der Waals surface area contributed by atoms with E-state index < -0.39 is 12.3 Å². The number of benzene rings is 2. The van der Waals surface area contributed by atoms with E-state index in [1.165, 1.54) is 0 Å². The number of allylic oxidation sites excluding steroid dienone is 1. The molecule has 1 atom stereocenters. The van der Waals surface area contributed by atoms with Crippen molar-refractivity contribution in [1.82, 2.24) is 0 Å². The van der Waals surface area contributed by atoms with Gasteiger partial charge in [-0.15, -0.1) is 6.58 Å². The maximum atomic E-state index is 12.6. The molecule has 1 aliphatic rings. The van der Waals surface area contributed by atoms with Gasteiger partial charge in [-0.2, -0.15) is 0 Å². The Bertz CT molecular complexity index is 1220. The summed E-state index contributed by atoms with van der Waals surface area (Å²) in [4.78, 5) is 24.1. The summed E-state index contributed by atoms with van der Waals surface area (Å²) in [7, 11) is 0. The van der Waals surface area contributed by atoms with Crippen molar-refractivity contribution in [3.8, 4) is 17.2 Å². The van der Waals surface area contributed by atoms with Crippen molar-refractivity contribution in [2.75, 3.05) is 52.8 Å². The molecule has 2 aromatic carbocycles. The van der Waals surface area contributed by atoms with Crippen molar-refractivity contribution in [2.45, 2.75) is 71.0 Å². The average Bonchev–Trinajstić information content (AvgIpc) is 3.03. The van der Waals surface area contributed by atoms with Crippen molar-refractivity contribution in [1.29, 1.82) is 0 Å². The topological polar surface area (TPSA) is 136 Å². The van der Waals surface area contributed by atoms with Crippen molar-refractivity contribution < 1.29 is 43.1 Å². The van der Waals surface area contributed by atoms with Crippen LogP contribution in [-0.4, -0.2) is 75.9 Å². The molecule has 0 saturated heterocycles. The second kappa shape index (κ2) is 20.6. The van der Waals surface area contributed by atoms with Gasteiger partial charge in [0.15, 0.2) is 5.78 Å². The number of ether oxygens (including phenoxy) is 6. The molecule has 1 unspecified atom stereocenters. The SMILES string of the molecule is C=CCc1c(OC(CCCC)Oc2cccc(OCCOCCOCCOCCN)c2CCC(=O)O)ccc2c1CCCC2=O. The minimum Gasteiger partial charge on any atom is -0.491 e. The number of aliphatic carboxylic acids is 1. The standard InChI is InChI=1S/C35H49NO9/c1-3-5-13-35(45-33-16-14-27-26(28(33)8-4-2)9-6-10-30(27)37)44-32-12-7-11-31(29(32)15-17-34(38)39)43-25-24-42-23-22-41-21-20-40-19-18-36/h4,7,11-12,14,16,35H,2-3,5-6,8-10,13,15,17-25,36H2,1H3,(H,38,39). The Morgan fingerprint density at radius 2 is 1.60 bits per heavy atom. The fourth-order valence-corrected chi connectivity index (χ4v) is 5.16. The number of hydrogen-bond donors (Lipinski definition) is 2. The predicted octanol–water partition coefficient (Wildman–Crippen LogP) is 5.31. The van der Waals surface area contributed by atoms with Gasteiger partial charge in [0.1, 0.15) is 23.9 Å². The summed E-state index contributed by atoms with van der Waals surface area (Å²) in [6.07, 6.45) is 6.56. The average molecular weight is 628 g/mol. The second-order valence-electron chi connectivity index (χ2n) is 10.7. The van der Waals surface area contributed by atoms with Gasteiger partial charge in [-0.3, -0.25) is 9.59 Å². The summed E-state index contributed by atoms with van der Waals surface area (Å²) in [5.41, 5.74) is 8.80. The lowest BCUT2D eigenvalue weighted by atomic mass is 9.86. The molecular formula is C35H49NO9. The van der Waals surface area contributed by atoms with Gasteiger partial charge in [-0.1, -0.05) is 25.5 Å². The Morgan fingerprint density at radius 3 is 2.27 bits per heavy atom. The maximum Gasteiger partial charge on any atom is 0.303 e. The van der Waals surface area contributed by atoms with Crippen LogP contribution in [0.15, 0.2) is 43.0 Å². The lowest BCUT2D eigenvalue weighted by molar-refractivity contribution is -0.136. The molecule has 2 aromatic rings. The highest BCUT2D eigenvalue weighted by molar-refractivity contribution is 5.99. The second-order valence-corrected chi connectivity index (χ2v) is 10.7. The zero-order valence-corrected chi connectivity index (χ0v) is 26.6. The normalized spacial score (nSPS) is 13.2. The van der Waals surface area contributed by atoms with Crippen LogP contribution in [0.1, 0.15) is 72.5 Å². The monoisotopic (exact) mass is 627 g/mol. The zero-order valence-electron chi connectivity index (χ0n) is 26.6. The van der Waals surface area contributed by atoms with Crippen LogP contribution in [0.25, 0.3) is 0 Å². The first-order chi connectivity index (χ1) is 22.0. The number of carbonyl (C=O) groups excluding carboxylic acids is 1. The lowest BCUT2D eigenvalue weighted by Crippen LogP contribution is -2.26. The third kappa shape index (κ3) is 12.1. The van der Waals surface area contributed by atoms with Gasteiger partial charge >= 0.3 is 5.97 Å². The number of carboxylic acid groups (broad SMARTS) is 1. The first kappa shape index (κ1) is 36.0. The number of unbranched alkanes of at least 4 members (excludes halogenated alkanes) is 1. The molecule has 0 aliphatic heterocycles. The van der Waals surface area contributed by atoms with E-state index in [-0.39, 0.29) is 25.2 Å². The van der Waals surface area contributed by atoms with Gasteiger partial charge in [-0.05, 0) is 61.9 Å². The molecule has 0 saturated carbocycles. The van der Waals surface area contributed by atoms with E-state index in [0.717, 1.165) is 42.4 Å². The van der Waals surface area contributed by atoms with Crippen molar-refractivity contribution >= 4 is 11.8 Å². The van der Waals surface area contributed by atoms with E-state index in [2.05, 4.69) is 13.5 Å². The molecule has 3 rings (SSSR count). The van der Waals surface area contributed by atoms with Gasteiger partial charge in [-0.25, -0.2) is 0 Å². The third-order valence-electron chi connectivity index (χ3n) is 7.35. The van der Waals surface area contributed by atoms with E-state index in [1.54, 1.807) is 6.07 Å². The van der Waals surface area contributed by atoms with Crippen molar-refractivity contribution in [3.63, 3.8) is 0 Å².